The highest BCUT2D eigenvalue weighted by Gasteiger charge is 2.10. The Morgan fingerprint density at radius 2 is 1.86 bits per heavy atom. The van der Waals surface area contributed by atoms with Gasteiger partial charge in [0.2, 0.25) is 0 Å². The molecule has 1 amide bonds. The van der Waals surface area contributed by atoms with Crippen molar-refractivity contribution < 1.29 is 9.53 Å². The largest absolute Gasteiger partial charge is 0.496 e. The van der Waals surface area contributed by atoms with E-state index in [4.69, 9.17) is 10.5 Å². The third kappa shape index (κ3) is 3.40. The van der Waals surface area contributed by atoms with Gasteiger partial charge in [-0.3, -0.25) is 9.48 Å². The Kier molecular flexibility index (Phi) is 4.68. The van der Waals surface area contributed by atoms with E-state index in [1.165, 1.54) is 0 Å². The topological polar surface area (TPSA) is 82.2 Å². The predicted molar refractivity (Wildman–Crippen MR) is 111 cm³/mol. The Labute approximate surface area is 162 Å². The number of aromatic nitrogens is 2. The molecule has 4 aromatic rings. The third-order valence-corrected chi connectivity index (χ3v) is 4.62. The molecule has 0 spiro atoms. The summed E-state index contributed by atoms with van der Waals surface area (Å²) >= 11 is 0. The van der Waals surface area contributed by atoms with Crippen LogP contribution in [0.1, 0.15) is 15.9 Å². The van der Waals surface area contributed by atoms with Gasteiger partial charge in [-0.15, -0.1) is 0 Å². The molecule has 0 bridgehead atoms. The van der Waals surface area contributed by atoms with Crippen molar-refractivity contribution in [2.45, 2.75) is 6.54 Å². The van der Waals surface area contributed by atoms with Crippen molar-refractivity contribution in [1.82, 2.24) is 9.78 Å². The standard InChI is InChI=1S/C22H20N4O2/c1-28-21-8-4-7-20-17(21)13-24-26(20)14-15-9-11-16(12-10-15)22(27)25-19-6-3-2-5-18(19)23/h2-13H,14,23H2,1H3,(H,25,27). The zero-order valence-electron chi connectivity index (χ0n) is 15.4. The van der Waals surface area contributed by atoms with E-state index in [1.807, 2.05) is 47.1 Å². The van der Waals surface area contributed by atoms with Crippen LogP contribution in [0.15, 0.2) is 72.9 Å². The fraction of sp³-hybridized carbons (Fsp3) is 0.0909. The zero-order valence-corrected chi connectivity index (χ0v) is 15.4. The number of fused-ring (bicyclic) bond motifs is 1. The van der Waals surface area contributed by atoms with E-state index in [1.54, 1.807) is 37.6 Å². The lowest BCUT2D eigenvalue weighted by atomic mass is 10.1. The number of benzene rings is 3. The molecule has 1 heterocycles. The van der Waals surface area contributed by atoms with Gasteiger partial charge >= 0.3 is 0 Å². The molecule has 6 heteroatoms. The monoisotopic (exact) mass is 372 g/mol. The number of nitrogens with zero attached hydrogens (tertiary/aromatic N) is 2. The van der Waals surface area contributed by atoms with Crippen LogP contribution >= 0.6 is 0 Å². The molecule has 6 nitrogen and oxygen atoms in total. The van der Waals surface area contributed by atoms with Gasteiger partial charge in [0, 0.05) is 5.56 Å². The molecular weight excluding hydrogens is 352 g/mol. The molecule has 0 atom stereocenters. The van der Waals surface area contributed by atoms with E-state index in [-0.39, 0.29) is 5.91 Å². The van der Waals surface area contributed by atoms with Gasteiger partial charge in [-0.1, -0.05) is 30.3 Å². The van der Waals surface area contributed by atoms with Crippen LogP contribution in [0.2, 0.25) is 0 Å². The van der Waals surface area contributed by atoms with Crippen LogP contribution in [-0.2, 0) is 6.54 Å². The summed E-state index contributed by atoms with van der Waals surface area (Å²) in [5.41, 5.74) is 9.63. The summed E-state index contributed by atoms with van der Waals surface area (Å²) in [5.74, 6) is 0.606. The molecule has 3 N–H and O–H groups in total. The number of rotatable bonds is 5. The SMILES string of the molecule is COc1cccc2c1cnn2Cc1ccc(C(=O)Nc2ccccc2N)cc1. The first-order valence-electron chi connectivity index (χ1n) is 8.89. The second-order valence-electron chi connectivity index (χ2n) is 6.43. The number of hydrogen-bond acceptors (Lipinski definition) is 4. The van der Waals surface area contributed by atoms with E-state index in [2.05, 4.69) is 10.4 Å². The Balaban J connectivity index is 1.51. The lowest BCUT2D eigenvalue weighted by molar-refractivity contribution is 0.102. The van der Waals surface area contributed by atoms with Crippen LogP contribution in [0.5, 0.6) is 5.75 Å². The first-order valence-corrected chi connectivity index (χ1v) is 8.89. The minimum Gasteiger partial charge on any atom is -0.496 e. The number of nitrogens with two attached hydrogens (primary N) is 1. The van der Waals surface area contributed by atoms with Crippen molar-refractivity contribution >= 4 is 28.2 Å². The fourth-order valence-corrected chi connectivity index (χ4v) is 3.12. The number of ether oxygens (including phenoxy) is 1. The van der Waals surface area contributed by atoms with Crippen molar-refractivity contribution in [3.05, 3.63) is 84.1 Å². The van der Waals surface area contributed by atoms with Crippen LogP contribution in [0.25, 0.3) is 10.9 Å². The van der Waals surface area contributed by atoms with Crippen LogP contribution in [0.4, 0.5) is 11.4 Å². The summed E-state index contributed by atoms with van der Waals surface area (Å²) in [6.07, 6.45) is 1.81. The van der Waals surface area contributed by atoms with Gasteiger partial charge in [0.05, 0.1) is 42.1 Å². The molecule has 0 saturated carbocycles. The summed E-state index contributed by atoms with van der Waals surface area (Å²) in [7, 11) is 1.65. The summed E-state index contributed by atoms with van der Waals surface area (Å²) in [4.78, 5) is 12.4. The molecule has 0 fully saturated rings. The molecule has 0 aliphatic carbocycles. The number of anilines is 2. The quantitative estimate of drug-likeness (QED) is 0.520. The Morgan fingerprint density at radius 3 is 2.61 bits per heavy atom. The van der Waals surface area contributed by atoms with E-state index in [9.17, 15) is 4.79 Å². The zero-order chi connectivity index (χ0) is 19.5. The summed E-state index contributed by atoms with van der Waals surface area (Å²) in [6.45, 7) is 0.601. The normalized spacial score (nSPS) is 10.8. The highest BCUT2D eigenvalue weighted by molar-refractivity contribution is 6.05. The van der Waals surface area contributed by atoms with Crippen molar-refractivity contribution in [1.29, 1.82) is 0 Å². The first kappa shape index (κ1) is 17.6. The minimum absolute atomic E-state index is 0.196. The number of nitrogens with one attached hydrogen (secondary N) is 1. The van der Waals surface area contributed by atoms with Crippen LogP contribution in [0, 0.1) is 0 Å². The Morgan fingerprint density at radius 1 is 1.07 bits per heavy atom. The molecule has 0 radical (unpaired) electrons. The average molecular weight is 372 g/mol. The van der Waals surface area contributed by atoms with Gasteiger partial charge in [-0.05, 0) is 42.0 Å². The molecule has 0 aliphatic rings. The maximum Gasteiger partial charge on any atom is 0.255 e. The summed E-state index contributed by atoms with van der Waals surface area (Å²) in [5, 5.41) is 8.27. The fourth-order valence-electron chi connectivity index (χ4n) is 3.12. The molecule has 28 heavy (non-hydrogen) atoms. The van der Waals surface area contributed by atoms with Crippen LogP contribution < -0.4 is 15.8 Å². The van der Waals surface area contributed by atoms with Crippen molar-refractivity contribution in [3.8, 4) is 5.75 Å². The van der Waals surface area contributed by atoms with E-state index in [0.717, 1.165) is 22.2 Å². The van der Waals surface area contributed by atoms with E-state index in [0.29, 0.717) is 23.5 Å². The van der Waals surface area contributed by atoms with E-state index >= 15 is 0 Å². The van der Waals surface area contributed by atoms with Gasteiger partial charge in [0.15, 0.2) is 0 Å². The maximum atomic E-state index is 12.4. The number of amides is 1. The molecule has 3 aromatic carbocycles. The second-order valence-corrected chi connectivity index (χ2v) is 6.43. The second kappa shape index (κ2) is 7.44. The molecule has 1 aromatic heterocycles. The summed E-state index contributed by atoms with van der Waals surface area (Å²) < 4.78 is 7.30. The molecule has 4 rings (SSSR count). The summed E-state index contributed by atoms with van der Waals surface area (Å²) in [6, 6.07) is 20.5. The van der Waals surface area contributed by atoms with Gasteiger partial charge in [0.1, 0.15) is 5.75 Å². The van der Waals surface area contributed by atoms with Crippen molar-refractivity contribution in [2.24, 2.45) is 0 Å². The highest BCUT2D eigenvalue weighted by atomic mass is 16.5. The molecule has 0 saturated heterocycles. The smallest absolute Gasteiger partial charge is 0.255 e. The van der Waals surface area contributed by atoms with Crippen LogP contribution in [-0.4, -0.2) is 22.8 Å². The van der Waals surface area contributed by atoms with Crippen LogP contribution in [0.3, 0.4) is 0 Å². The van der Waals surface area contributed by atoms with Crippen molar-refractivity contribution in [2.75, 3.05) is 18.2 Å². The number of para-hydroxylation sites is 2. The molecule has 0 aliphatic heterocycles. The number of nitrogen functional groups attached to an aromatic ring is 1. The minimum atomic E-state index is -0.196. The number of carbonyl (C=O) groups excluding carboxylic acids is 1. The van der Waals surface area contributed by atoms with E-state index < -0.39 is 0 Å². The van der Waals surface area contributed by atoms with Crippen molar-refractivity contribution in [3.63, 3.8) is 0 Å². The predicted octanol–water partition coefficient (Wildman–Crippen LogP) is 3.93. The maximum absolute atomic E-state index is 12.4. The van der Waals surface area contributed by atoms with Gasteiger partial charge in [0.25, 0.3) is 5.91 Å². The lowest BCUT2D eigenvalue weighted by Gasteiger charge is -2.09. The van der Waals surface area contributed by atoms with Gasteiger partial charge in [-0.25, -0.2) is 0 Å². The average Bonchev–Trinajstić information content (AvgIpc) is 3.13. The lowest BCUT2D eigenvalue weighted by Crippen LogP contribution is -2.13. The van der Waals surface area contributed by atoms with Gasteiger partial charge in [-0.2, -0.15) is 5.10 Å². The third-order valence-electron chi connectivity index (χ3n) is 4.62. The first-order chi connectivity index (χ1) is 13.7. The molecule has 140 valence electrons. The molecular formula is C22H20N4O2. The number of carbonyl (C=O) groups is 1. The number of hydrogen-bond donors (Lipinski definition) is 2. The number of methoxy groups -OCH3 is 1. The Hall–Kier alpha value is -3.80. The highest BCUT2D eigenvalue weighted by Crippen LogP contribution is 2.25. The molecule has 0 unspecified atom stereocenters. The Bertz CT molecular complexity index is 1130. The van der Waals surface area contributed by atoms with Gasteiger partial charge < -0.3 is 15.8 Å².